The van der Waals surface area contributed by atoms with Crippen LogP contribution in [0.4, 0.5) is 14.5 Å². The average Bonchev–Trinajstić information content (AvgIpc) is 3.28. The third-order valence-corrected chi connectivity index (χ3v) is 6.66. The summed E-state index contributed by atoms with van der Waals surface area (Å²) in [5.41, 5.74) is 2.05. The second-order valence-corrected chi connectivity index (χ2v) is 9.66. The third-order valence-electron chi connectivity index (χ3n) is 5.17. The summed E-state index contributed by atoms with van der Waals surface area (Å²) in [4.78, 5) is 16.8. The number of hydrogen-bond acceptors (Lipinski definition) is 5. The maximum Gasteiger partial charge on any atom is 0.240 e. The molecule has 1 amide bonds. The first kappa shape index (κ1) is 24.1. The number of methoxy groups -OCH3 is 1. The van der Waals surface area contributed by atoms with Crippen LogP contribution in [0, 0.1) is 18.6 Å². The number of hydrogen-bond donors (Lipinski definition) is 1. The Morgan fingerprint density at radius 1 is 1.03 bits per heavy atom. The summed E-state index contributed by atoms with van der Waals surface area (Å²) >= 11 is 0. The lowest BCUT2D eigenvalue weighted by Crippen LogP contribution is -2.25. The summed E-state index contributed by atoms with van der Waals surface area (Å²) in [6.07, 6.45) is 1.56. The molecule has 0 bridgehead atoms. The number of aryl methyl sites for hydroxylation is 1. The van der Waals surface area contributed by atoms with Crippen LogP contribution in [-0.2, 0) is 14.6 Å². The summed E-state index contributed by atoms with van der Waals surface area (Å²) in [6, 6.07) is 16.5. The van der Waals surface area contributed by atoms with Gasteiger partial charge in [0.25, 0.3) is 0 Å². The molecular formula is C25H21F2N3O4S. The van der Waals surface area contributed by atoms with Crippen LogP contribution in [0.15, 0.2) is 78.1 Å². The van der Waals surface area contributed by atoms with Gasteiger partial charge in [0.15, 0.2) is 0 Å². The first-order valence-corrected chi connectivity index (χ1v) is 12.1. The zero-order valence-electron chi connectivity index (χ0n) is 18.8. The largest absolute Gasteiger partial charge is 0.497 e. The molecular weight excluding hydrogens is 476 g/mol. The number of anilines is 1. The fraction of sp³-hybridized carbons (Fsp3) is 0.120. The van der Waals surface area contributed by atoms with Crippen LogP contribution in [0.2, 0.25) is 0 Å². The summed E-state index contributed by atoms with van der Waals surface area (Å²) in [5, 5.41) is 1.75. The van der Waals surface area contributed by atoms with Gasteiger partial charge in [-0.1, -0.05) is 17.7 Å². The number of aromatic nitrogens is 2. The third kappa shape index (κ3) is 5.38. The Hall–Kier alpha value is -4.05. The van der Waals surface area contributed by atoms with Crippen molar-refractivity contribution in [1.29, 1.82) is 0 Å². The molecule has 0 unspecified atom stereocenters. The highest BCUT2D eigenvalue weighted by molar-refractivity contribution is 7.92. The van der Waals surface area contributed by atoms with Gasteiger partial charge in [0.1, 0.15) is 23.1 Å². The van der Waals surface area contributed by atoms with E-state index in [1.165, 1.54) is 11.7 Å². The molecule has 0 aliphatic rings. The van der Waals surface area contributed by atoms with Gasteiger partial charge in [0.05, 0.1) is 18.5 Å². The van der Waals surface area contributed by atoms with Crippen LogP contribution in [0.3, 0.4) is 0 Å². The Balaban J connectivity index is 1.71. The molecule has 1 N–H and O–H groups in total. The molecule has 0 radical (unpaired) electrons. The van der Waals surface area contributed by atoms with E-state index in [0.717, 1.165) is 23.8 Å². The lowest BCUT2D eigenvalue weighted by atomic mass is 10.1. The number of nitrogens with zero attached hydrogens (tertiary/aromatic N) is 2. The van der Waals surface area contributed by atoms with Crippen molar-refractivity contribution < 1.29 is 26.7 Å². The van der Waals surface area contributed by atoms with Crippen LogP contribution in [0.5, 0.6) is 5.75 Å². The van der Waals surface area contributed by atoms with Gasteiger partial charge in [0.2, 0.25) is 20.9 Å². The number of nitrogens with one attached hydrogen (secondary N) is 1. The first-order valence-electron chi connectivity index (χ1n) is 10.4. The van der Waals surface area contributed by atoms with Gasteiger partial charge >= 0.3 is 0 Å². The fourth-order valence-electron chi connectivity index (χ4n) is 3.39. The van der Waals surface area contributed by atoms with Crippen molar-refractivity contribution in [3.05, 3.63) is 90.1 Å². The highest BCUT2D eigenvalue weighted by atomic mass is 32.2. The van der Waals surface area contributed by atoms with E-state index < -0.39 is 38.8 Å². The predicted molar refractivity (Wildman–Crippen MR) is 127 cm³/mol. The highest BCUT2D eigenvalue weighted by Gasteiger charge is 2.27. The minimum atomic E-state index is -4.29. The quantitative estimate of drug-likeness (QED) is 0.405. The van der Waals surface area contributed by atoms with Crippen molar-refractivity contribution in [1.82, 2.24) is 9.55 Å². The van der Waals surface area contributed by atoms with Crippen LogP contribution in [0.1, 0.15) is 5.56 Å². The lowest BCUT2D eigenvalue weighted by molar-refractivity contribution is -0.113. The number of sulfone groups is 1. The Kier molecular flexibility index (Phi) is 6.65. The molecule has 35 heavy (non-hydrogen) atoms. The molecule has 0 saturated carbocycles. The summed E-state index contributed by atoms with van der Waals surface area (Å²) < 4.78 is 60.4. The molecule has 0 saturated heterocycles. The number of benzene rings is 3. The van der Waals surface area contributed by atoms with E-state index in [4.69, 9.17) is 4.74 Å². The molecule has 180 valence electrons. The van der Waals surface area contributed by atoms with E-state index in [0.29, 0.717) is 22.7 Å². The predicted octanol–water partition coefficient (Wildman–Crippen LogP) is 4.55. The first-order chi connectivity index (χ1) is 16.7. The Bertz CT molecular complexity index is 1480. The van der Waals surface area contributed by atoms with E-state index in [2.05, 4.69) is 10.3 Å². The molecule has 0 aliphatic heterocycles. The topological polar surface area (TPSA) is 90.3 Å². The molecule has 7 nitrogen and oxygen atoms in total. The number of carbonyl (C=O) groups is 1. The van der Waals surface area contributed by atoms with Crippen molar-refractivity contribution in [2.24, 2.45) is 0 Å². The average molecular weight is 498 g/mol. The van der Waals surface area contributed by atoms with Crippen LogP contribution in [-0.4, -0.2) is 36.7 Å². The second kappa shape index (κ2) is 9.67. The van der Waals surface area contributed by atoms with E-state index in [9.17, 15) is 22.0 Å². The molecule has 1 heterocycles. The second-order valence-electron chi connectivity index (χ2n) is 7.77. The smallest absolute Gasteiger partial charge is 0.240 e. The molecule has 0 atom stereocenters. The monoisotopic (exact) mass is 497 g/mol. The standard InChI is InChI=1S/C25H21F2N3O4S/c1-16-3-8-19(9-4-16)30-14-23(17-5-10-20(34-2)11-6-17)29-25(30)35(32,33)15-24(31)28-22-13-18(26)7-12-21(22)27/h3-14H,15H2,1-2H3,(H,28,31). The number of rotatable bonds is 7. The minimum Gasteiger partial charge on any atom is -0.497 e. The van der Waals surface area contributed by atoms with Gasteiger partial charge in [-0.2, -0.15) is 0 Å². The van der Waals surface area contributed by atoms with E-state index in [1.807, 2.05) is 19.1 Å². The van der Waals surface area contributed by atoms with Gasteiger partial charge in [-0.05, 0) is 55.5 Å². The summed E-state index contributed by atoms with van der Waals surface area (Å²) in [6.45, 7) is 1.90. The van der Waals surface area contributed by atoms with Crippen LogP contribution >= 0.6 is 0 Å². The van der Waals surface area contributed by atoms with Gasteiger partial charge in [-0.15, -0.1) is 0 Å². The number of carbonyl (C=O) groups excluding carboxylic acids is 1. The zero-order valence-corrected chi connectivity index (χ0v) is 19.6. The maximum atomic E-state index is 13.9. The zero-order chi connectivity index (χ0) is 25.2. The van der Waals surface area contributed by atoms with Gasteiger partial charge in [-0.3, -0.25) is 9.36 Å². The van der Waals surface area contributed by atoms with Gasteiger partial charge < -0.3 is 10.1 Å². The van der Waals surface area contributed by atoms with Gasteiger partial charge in [-0.25, -0.2) is 22.2 Å². The minimum absolute atomic E-state index is 0.359. The highest BCUT2D eigenvalue weighted by Crippen LogP contribution is 2.27. The lowest BCUT2D eigenvalue weighted by Gasteiger charge is -2.10. The Morgan fingerprint density at radius 2 is 1.71 bits per heavy atom. The Labute approximate surface area is 200 Å². The number of ether oxygens (including phenoxy) is 1. The Morgan fingerprint density at radius 3 is 2.37 bits per heavy atom. The SMILES string of the molecule is COc1ccc(-c2cn(-c3ccc(C)cc3)c(S(=O)(=O)CC(=O)Nc3cc(F)ccc3F)n2)cc1. The normalized spacial score (nSPS) is 11.3. The summed E-state index contributed by atoms with van der Waals surface area (Å²) in [5.74, 6) is -3.09. The van der Waals surface area contributed by atoms with Crippen molar-refractivity contribution in [3.8, 4) is 22.7 Å². The van der Waals surface area contributed by atoms with E-state index in [-0.39, 0.29) is 5.16 Å². The molecule has 10 heteroatoms. The van der Waals surface area contributed by atoms with Gasteiger partial charge in [0, 0.05) is 23.5 Å². The van der Waals surface area contributed by atoms with Crippen molar-refractivity contribution in [2.45, 2.75) is 12.1 Å². The van der Waals surface area contributed by atoms with Crippen molar-refractivity contribution in [2.75, 3.05) is 18.2 Å². The number of imidazole rings is 1. The molecule has 0 spiro atoms. The summed E-state index contributed by atoms with van der Waals surface area (Å²) in [7, 11) is -2.76. The van der Waals surface area contributed by atoms with E-state index >= 15 is 0 Å². The van der Waals surface area contributed by atoms with Crippen LogP contribution in [0.25, 0.3) is 16.9 Å². The number of halogens is 2. The molecule has 4 rings (SSSR count). The molecule has 0 aliphatic carbocycles. The van der Waals surface area contributed by atoms with Crippen molar-refractivity contribution >= 4 is 21.4 Å². The van der Waals surface area contributed by atoms with Crippen LogP contribution < -0.4 is 10.1 Å². The van der Waals surface area contributed by atoms with E-state index in [1.54, 1.807) is 42.6 Å². The fourth-order valence-corrected chi connectivity index (χ4v) is 4.63. The molecule has 3 aromatic carbocycles. The molecule has 4 aromatic rings. The molecule has 0 fully saturated rings. The maximum absolute atomic E-state index is 13.9. The van der Waals surface area contributed by atoms with Crippen molar-refractivity contribution in [3.63, 3.8) is 0 Å². The molecule has 1 aromatic heterocycles. The number of amides is 1.